The third-order valence-electron chi connectivity index (χ3n) is 6.49. The zero-order chi connectivity index (χ0) is 27.1. The number of nitrogens with one attached hydrogen (secondary N) is 2. The molecule has 40 heavy (non-hydrogen) atoms. The number of carbonyl (C=O) groups is 1. The summed E-state index contributed by atoms with van der Waals surface area (Å²) in [6.45, 7) is 7.04. The van der Waals surface area contributed by atoms with E-state index in [9.17, 15) is 4.79 Å². The molecular formula is C27H29N9O3S. The van der Waals surface area contributed by atoms with E-state index < -0.39 is 6.03 Å². The van der Waals surface area contributed by atoms with Crippen LogP contribution in [0.15, 0.2) is 55.0 Å². The molecule has 0 atom stereocenters. The van der Waals surface area contributed by atoms with Crippen LogP contribution in [0.2, 0.25) is 0 Å². The number of benzene rings is 1. The van der Waals surface area contributed by atoms with Crippen LogP contribution in [0, 0.1) is 0 Å². The highest BCUT2D eigenvalue weighted by atomic mass is 32.1. The maximum Gasteiger partial charge on any atom is 0.324 e. The van der Waals surface area contributed by atoms with Crippen LogP contribution in [0.1, 0.15) is 4.88 Å². The van der Waals surface area contributed by atoms with E-state index in [1.165, 1.54) is 17.3 Å². The number of thiophene rings is 1. The van der Waals surface area contributed by atoms with Crippen molar-refractivity contribution >= 4 is 34.8 Å². The smallest absolute Gasteiger partial charge is 0.324 e. The average molecular weight is 560 g/mol. The van der Waals surface area contributed by atoms with E-state index in [2.05, 4.69) is 42.5 Å². The molecule has 2 aliphatic heterocycles. The molecule has 2 amide bonds. The van der Waals surface area contributed by atoms with Gasteiger partial charge in [-0.05, 0) is 36.4 Å². The highest BCUT2D eigenvalue weighted by Crippen LogP contribution is 2.30. The Kier molecular flexibility index (Phi) is 8.14. The minimum absolute atomic E-state index is 0.367. The molecular weight excluding hydrogens is 530 g/mol. The van der Waals surface area contributed by atoms with Crippen molar-refractivity contribution < 1.29 is 14.3 Å². The zero-order valence-electron chi connectivity index (χ0n) is 21.8. The van der Waals surface area contributed by atoms with Gasteiger partial charge in [0.2, 0.25) is 5.95 Å². The number of aromatic nitrogens is 5. The number of nitrogens with zero attached hydrogens (tertiary/aromatic N) is 7. The first-order valence-corrected chi connectivity index (χ1v) is 13.9. The Morgan fingerprint density at radius 3 is 2.35 bits per heavy atom. The van der Waals surface area contributed by atoms with E-state index in [1.54, 1.807) is 17.5 Å². The lowest BCUT2D eigenvalue weighted by molar-refractivity contribution is 0.0346. The number of amides is 2. The van der Waals surface area contributed by atoms with Gasteiger partial charge in [-0.2, -0.15) is 9.97 Å². The normalized spacial score (nSPS) is 16.1. The summed E-state index contributed by atoms with van der Waals surface area (Å²) in [5.74, 6) is 2.23. The molecule has 5 heterocycles. The largest absolute Gasteiger partial charge is 0.379 e. The van der Waals surface area contributed by atoms with Crippen molar-refractivity contribution in [2.45, 2.75) is 6.54 Å². The molecule has 0 unspecified atom stereocenters. The van der Waals surface area contributed by atoms with Gasteiger partial charge in [0, 0.05) is 61.2 Å². The van der Waals surface area contributed by atoms with E-state index in [4.69, 9.17) is 24.4 Å². The monoisotopic (exact) mass is 559 g/mol. The molecule has 0 radical (unpaired) electrons. The SMILES string of the molecule is O=C(Nc1ccc(-c2nc(-c3ccc(CN4CCOCC4)s3)nc(N3CCOCC3)n2)cc1)Nc1cnccn1. The van der Waals surface area contributed by atoms with Crippen molar-refractivity contribution in [1.82, 2.24) is 29.8 Å². The van der Waals surface area contributed by atoms with Gasteiger partial charge in [-0.25, -0.2) is 14.8 Å². The quantitative estimate of drug-likeness (QED) is 0.348. The lowest BCUT2D eigenvalue weighted by Gasteiger charge is -2.27. The van der Waals surface area contributed by atoms with Crippen molar-refractivity contribution in [3.05, 3.63) is 59.9 Å². The number of anilines is 3. The number of hydrogen-bond donors (Lipinski definition) is 2. The first kappa shape index (κ1) is 26.2. The van der Waals surface area contributed by atoms with Gasteiger partial charge < -0.3 is 19.7 Å². The van der Waals surface area contributed by atoms with E-state index >= 15 is 0 Å². The summed E-state index contributed by atoms with van der Waals surface area (Å²) in [6, 6.07) is 11.2. The topological polar surface area (TPSA) is 131 Å². The summed E-state index contributed by atoms with van der Waals surface area (Å²) < 4.78 is 11.0. The number of morpholine rings is 2. The van der Waals surface area contributed by atoms with Crippen LogP contribution in [0.4, 0.5) is 22.2 Å². The van der Waals surface area contributed by atoms with Crippen LogP contribution in [0.25, 0.3) is 22.1 Å². The molecule has 206 valence electrons. The number of urea groups is 1. The van der Waals surface area contributed by atoms with Crippen LogP contribution in [-0.4, -0.2) is 88.5 Å². The molecule has 12 nitrogen and oxygen atoms in total. The van der Waals surface area contributed by atoms with E-state index in [1.807, 2.05) is 24.3 Å². The molecule has 1 aromatic carbocycles. The van der Waals surface area contributed by atoms with Crippen molar-refractivity contribution in [2.75, 3.05) is 68.1 Å². The summed E-state index contributed by atoms with van der Waals surface area (Å²) in [6.07, 6.45) is 4.54. The second kappa shape index (κ2) is 12.4. The van der Waals surface area contributed by atoms with Gasteiger partial charge in [0.25, 0.3) is 0 Å². The molecule has 0 spiro atoms. The standard InChI is InChI=1S/C27H29N9O3S/c37-27(31-23-17-28-7-8-29-23)30-20-3-1-19(2-4-20)24-32-25(34-26(33-24)36-11-15-39-16-12-36)22-6-5-21(40-22)18-35-9-13-38-14-10-35/h1-8,17H,9-16,18H2,(H2,29,30,31,37). The molecule has 13 heteroatoms. The molecule has 2 saturated heterocycles. The minimum atomic E-state index is -0.407. The third kappa shape index (κ3) is 6.57. The van der Waals surface area contributed by atoms with Crippen LogP contribution in [0.5, 0.6) is 0 Å². The number of rotatable bonds is 7. The lowest BCUT2D eigenvalue weighted by Crippen LogP contribution is -2.37. The molecule has 2 aliphatic rings. The van der Waals surface area contributed by atoms with Crippen molar-refractivity contribution in [2.24, 2.45) is 0 Å². The predicted molar refractivity (Wildman–Crippen MR) is 152 cm³/mol. The average Bonchev–Trinajstić information content (AvgIpc) is 3.47. The molecule has 2 N–H and O–H groups in total. The second-order valence-electron chi connectivity index (χ2n) is 9.28. The minimum Gasteiger partial charge on any atom is -0.379 e. The molecule has 0 aliphatic carbocycles. The fraction of sp³-hybridized carbons (Fsp3) is 0.333. The summed E-state index contributed by atoms with van der Waals surface area (Å²) in [4.78, 5) is 41.7. The van der Waals surface area contributed by atoms with Crippen molar-refractivity contribution in [3.63, 3.8) is 0 Å². The Morgan fingerprint density at radius 2 is 1.60 bits per heavy atom. The molecule has 4 aromatic rings. The van der Waals surface area contributed by atoms with Crippen LogP contribution >= 0.6 is 11.3 Å². The zero-order valence-corrected chi connectivity index (χ0v) is 22.6. The van der Waals surface area contributed by atoms with Gasteiger partial charge in [-0.1, -0.05) is 0 Å². The summed E-state index contributed by atoms with van der Waals surface area (Å²) >= 11 is 1.71. The van der Waals surface area contributed by atoms with E-state index in [0.29, 0.717) is 42.3 Å². The van der Waals surface area contributed by atoms with Crippen LogP contribution < -0.4 is 15.5 Å². The third-order valence-corrected chi connectivity index (χ3v) is 7.55. The van der Waals surface area contributed by atoms with Crippen LogP contribution in [-0.2, 0) is 16.0 Å². The molecule has 3 aromatic heterocycles. The fourth-order valence-electron chi connectivity index (χ4n) is 4.42. The first-order chi connectivity index (χ1) is 19.7. The van der Waals surface area contributed by atoms with Gasteiger partial charge in [-0.3, -0.25) is 15.2 Å². The number of ether oxygens (including phenoxy) is 2. The van der Waals surface area contributed by atoms with E-state index in [-0.39, 0.29) is 0 Å². The number of carbonyl (C=O) groups excluding carboxylic acids is 1. The Labute approximate surface area is 235 Å². The Hall–Kier alpha value is -4.04. The maximum absolute atomic E-state index is 12.3. The molecule has 0 saturated carbocycles. The Balaban J connectivity index is 1.22. The Bertz CT molecular complexity index is 1420. The van der Waals surface area contributed by atoms with Gasteiger partial charge >= 0.3 is 6.03 Å². The van der Waals surface area contributed by atoms with Crippen molar-refractivity contribution in [1.29, 1.82) is 0 Å². The summed E-state index contributed by atoms with van der Waals surface area (Å²) in [7, 11) is 0. The highest BCUT2D eigenvalue weighted by Gasteiger charge is 2.19. The fourth-order valence-corrected chi connectivity index (χ4v) is 5.40. The maximum atomic E-state index is 12.3. The highest BCUT2D eigenvalue weighted by molar-refractivity contribution is 7.15. The van der Waals surface area contributed by atoms with E-state index in [0.717, 1.165) is 56.4 Å². The molecule has 0 bridgehead atoms. The van der Waals surface area contributed by atoms with Gasteiger partial charge in [0.1, 0.15) is 0 Å². The van der Waals surface area contributed by atoms with Gasteiger partial charge in [-0.15, -0.1) is 11.3 Å². The molecule has 2 fully saturated rings. The Morgan fingerprint density at radius 1 is 0.850 bits per heavy atom. The first-order valence-electron chi connectivity index (χ1n) is 13.1. The predicted octanol–water partition coefficient (Wildman–Crippen LogP) is 3.37. The van der Waals surface area contributed by atoms with Crippen molar-refractivity contribution in [3.8, 4) is 22.1 Å². The van der Waals surface area contributed by atoms with Crippen LogP contribution in [0.3, 0.4) is 0 Å². The number of hydrogen-bond acceptors (Lipinski definition) is 11. The summed E-state index contributed by atoms with van der Waals surface area (Å²) in [5, 5.41) is 5.46. The summed E-state index contributed by atoms with van der Waals surface area (Å²) in [5.41, 5.74) is 1.45. The second-order valence-corrected chi connectivity index (χ2v) is 10.5. The van der Waals surface area contributed by atoms with Gasteiger partial charge in [0.15, 0.2) is 17.5 Å². The van der Waals surface area contributed by atoms with Gasteiger partial charge in [0.05, 0.1) is 37.5 Å². The lowest BCUT2D eigenvalue weighted by atomic mass is 10.2. The molecule has 6 rings (SSSR count).